The molecule has 0 aliphatic carbocycles. The number of aromatic nitrogens is 3. The minimum Gasteiger partial charge on any atom is -0.375 e. The lowest BCUT2D eigenvalue weighted by atomic mass is 10.0. The molecule has 1 aliphatic heterocycles. The van der Waals surface area contributed by atoms with Gasteiger partial charge in [0.25, 0.3) is 5.91 Å². The van der Waals surface area contributed by atoms with Crippen molar-refractivity contribution in [3.05, 3.63) is 23.8 Å². The fourth-order valence-electron chi connectivity index (χ4n) is 2.83. The molecule has 0 bridgehead atoms. The van der Waals surface area contributed by atoms with Crippen molar-refractivity contribution in [3.8, 4) is 0 Å². The van der Waals surface area contributed by atoms with Crippen molar-refractivity contribution in [2.24, 2.45) is 0 Å². The maximum atomic E-state index is 12.1. The first-order valence-electron chi connectivity index (χ1n) is 6.79. The number of nitrogens with one attached hydrogen (secondary N) is 1. The summed E-state index contributed by atoms with van der Waals surface area (Å²) in [6, 6.07) is 1.84. The fraction of sp³-hybridized carbons (Fsp3) is 0.500. The highest BCUT2D eigenvalue weighted by molar-refractivity contribution is 5.92. The Morgan fingerprint density at radius 2 is 2.45 bits per heavy atom. The molecule has 6 nitrogen and oxygen atoms in total. The lowest BCUT2D eigenvalue weighted by molar-refractivity contribution is 0.0764. The van der Waals surface area contributed by atoms with Crippen molar-refractivity contribution < 1.29 is 9.53 Å². The lowest BCUT2D eigenvalue weighted by Gasteiger charge is -2.08. The Bertz CT molecular complexity index is 644. The van der Waals surface area contributed by atoms with E-state index in [2.05, 4.69) is 15.3 Å². The first-order valence-corrected chi connectivity index (χ1v) is 6.79. The van der Waals surface area contributed by atoms with Gasteiger partial charge in [0.05, 0.1) is 11.2 Å². The largest absolute Gasteiger partial charge is 0.375 e. The number of pyridine rings is 1. The predicted octanol–water partition coefficient (Wildman–Crippen LogP) is 1.10. The number of nitrogens with zero attached hydrogens (tertiary/aromatic N) is 3. The Labute approximate surface area is 117 Å². The molecule has 1 atom stereocenters. The molecule has 1 unspecified atom stereocenters. The van der Waals surface area contributed by atoms with Crippen LogP contribution in [-0.4, -0.2) is 47.2 Å². The van der Waals surface area contributed by atoms with Gasteiger partial charge in [0.15, 0.2) is 0 Å². The maximum Gasteiger partial charge on any atom is 0.258 e. The molecule has 20 heavy (non-hydrogen) atoms. The second-order valence-electron chi connectivity index (χ2n) is 5.07. The van der Waals surface area contributed by atoms with Crippen LogP contribution in [0.3, 0.4) is 0 Å². The van der Waals surface area contributed by atoms with Crippen molar-refractivity contribution in [2.45, 2.75) is 19.3 Å². The molecular weight excluding hydrogens is 256 g/mol. The van der Waals surface area contributed by atoms with Crippen LogP contribution in [0.2, 0.25) is 0 Å². The molecule has 0 radical (unpaired) electrons. The molecular formula is C14H18N4O2. The van der Waals surface area contributed by atoms with Crippen molar-refractivity contribution >= 4 is 16.9 Å². The zero-order valence-corrected chi connectivity index (χ0v) is 11.7. The van der Waals surface area contributed by atoms with Crippen LogP contribution < -0.4 is 5.32 Å². The third kappa shape index (κ3) is 2.10. The molecule has 0 spiro atoms. The highest BCUT2D eigenvalue weighted by atomic mass is 16.5. The van der Waals surface area contributed by atoms with E-state index in [1.807, 2.05) is 13.0 Å². The molecule has 0 aromatic carbocycles. The third-order valence-electron chi connectivity index (χ3n) is 3.73. The van der Waals surface area contributed by atoms with Crippen LogP contribution >= 0.6 is 0 Å². The minimum absolute atomic E-state index is 0.0505. The van der Waals surface area contributed by atoms with E-state index in [1.165, 1.54) is 7.11 Å². The number of rotatable bonds is 3. The number of fused-ring (bicyclic) bond motifs is 1. The Morgan fingerprint density at radius 1 is 1.60 bits per heavy atom. The fourth-order valence-corrected chi connectivity index (χ4v) is 2.83. The van der Waals surface area contributed by atoms with E-state index >= 15 is 0 Å². The van der Waals surface area contributed by atoms with Gasteiger partial charge in [-0.3, -0.25) is 14.3 Å². The Morgan fingerprint density at radius 3 is 3.15 bits per heavy atom. The van der Waals surface area contributed by atoms with E-state index in [1.54, 1.807) is 10.8 Å². The molecule has 3 rings (SSSR count). The van der Waals surface area contributed by atoms with Crippen LogP contribution in [-0.2, 0) is 4.74 Å². The maximum absolute atomic E-state index is 12.1. The average molecular weight is 274 g/mol. The minimum atomic E-state index is -0.103. The van der Waals surface area contributed by atoms with Gasteiger partial charge in [0.1, 0.15) is 17.9 Å². The molecule has 2 aromatic heterocycles. The lowest BCUT2D eigenvalue weighted by Crippen LogP contribution is -2.17. The van der Waals surface area contributed by atoms with E-state index in [9.17, 15) is 4.79 Å². The summed E-state index contributed by atoms with van der Waals surface area (Å²) in [6.45, 7) is 3.81. The van der Waals surface area contributed by atoms with Crippen LogP contribution in [0.1, 0.15) is 28.7 Å². The molecule has 0 amide bonds. The van der Waals surface area contributed by atoms with Gasteiger partial charge in [-0.25, -0.2) is 4.98 Å². The summed E-state index contributed by atoms with van der Waals surface area (Å²) in [6.07, 6.45) is 2.82. The second kappa shape index (κ2) is 5.30. The van der Waals surface area contributed by atoms with Crippen molar-refractivity contribution in [1.82, 2.24) is 19.9 Å². The van der Waals surface area contributed by atoms with Gasteiger partial charge in [-0.2, -0.15) is 0 Å². The molecule has 2 aromatic rings. The van der Waals surface area contributed by atoms with Gasteiger partial charge in [0, 0.05) is 25.8 Å². The second-order valence-corrected chi connectivity index (χ2v) is 5.07. The zero-order valence-electron chi connectivity index (χ0n) is 11.7. The summed E-state index contributed by atoms with van der Waals surface area (Å²) >= 11 is 0. The van der Waals surface area contributed by atoms with E-state index in [4.69, 9.17) is 4.74 Å². The Balaban J connectivity index is 2.12. The first kappa shape index (κ1) is 13.2. The summed E-state index contributed by atoms with van der Waals surface area (Å²) in [7, 11) is 1.52. The van der Waals surface area contributed by atoms with Crippen LogP contribution in [0.4, 0.5) is 0 Å². The average Bonchev–Trinajstić information content (AvgIpc) is 3.04. The van der Waals surface area contributed by atoms with Crippen LogP contribution in [0.25, 0.3) is 11.0 Å². The SMILES string of the molecule is COCC(=O)n1c(C)nc2c(C3CCNC3)nccc21. The number of methoxy groups -OCH3 is 1. The Kier molecular flexibility index (Phi) is 3.50. The number of hydrogen-bond acceptors (Lipinski definition) is 5. The summed E-state index contributed by atoms with van der Waals surface area (Å²) in [5, 5.41) is 3.34. The molecule has 106 valence electrons. The van der Waals surface area contributed by atoms with Gasteiger partial charge in [-0.15, -0.1) is 0 Å². The molecule has 1 aliphatic rings. The van der Waals surface area contributed by atoms with Gasteiger partial charge < -0.3 is 10.1 Å². The van der Waals surface area contributed by atoms with E-state index in [0.717, 1.165) is 36.2 Å². The summed E-state index contributed by atoms with van der Waals surface area (Å²) < 4.78 is 6.56. The van der Waals surface area contributed by atoms with Crippen molar-refractivity contribution in [3.63, 3.8) is 0 Å². The first-order chi connectivity index (χ1) is 9.72. The normalized spacial score (nSPS) is 18.8. The monoisotopic (exact) mass is 274 g/mol. The molecule has 1 N–H and O–H groups in total. The number of carbonyl (C=O) groups excluding carboxylic acids is 1. The topological polar surface area (TPSA) is 69.0 Å². The highest BCUT2D eigenvalue weighted by Crippen LogP contribution is 2.27. The highest BCUT2D eigenvalue weighted by Gasteiger charge is 2.23. The van der Waals surface area contributed by atoms with Gasteiger partial charge in [-0.1, -0.05) is 0 Å². The molecule has 1 fully saturated rings. The van der Waals surface area contributed by atoms with Crippen LogP contribution in [0, 0.1) is 6.92 Å². The van der Waals surface area contributed by atoms with Gasteiger partial charge >= 0.3 is 0 Å². The quantitative estimate of drug-likeness (QED) is 0.907. The van der Waals surface area contributed by atoms with Gasteiger partial charge in [0.2, 0.25) is 0 Å². The van der Waals surface area contributed by atoms with Crippen LogP contribution in [0.15, 0.2) is 12.3 Å². The number of hydrogen-bond donors (Lipinski definition) is 1. The number of carbonyl (C=O) groups is 1. The van der Waals surface area contributed by atoms with E-state index in [0.29, 0.717) is 11.7 Å². The number of aryl methyl sites for hydroxylation is 1. The molecule has 3 heterocycles. The van der Waals surface area contributed by atoms with E-state index < -0.39 is 0 Å². The predicted molar refractivity (Wildman–Crippen MR) is 75.0 cm³/mol. The zero-order chi connectivity index (χ0) is 14.1. The third-order valence-corrected chi connectivity index (χ3v) is 3.73. The smallest absolute Gasteiger partial charge is 0.258 e. The van der Waals surface area contributed by atoms with Gasteiger partial charge in [-0.05, 0) is 26.0 Å². The van der Waals surface area contributed by atoms with Crippen molar-refractivity contribution in [1.29, 1.82) is 0 Å². The molecule has 1 saturated heterocycles. The Hall–Kier alpha value is -1.79. The summed E-state index contributed by atoms with van der Waals surface area (Å²) in [5.74, 6) is 0.954. The van der Waals surface area contributed by atoms with E-state index in [-0.39, 0.29) is 12.5 Å². The van der Waals surface area contributed by atoms with Crippen molar-refractivity contribution in [2.75, 3.05) is 26.8 Å². The van der Waals surface area contributed by atoms with Crippen LogP contribution in [0.5, 0.6) is 0 Å². The number of ether oxygens (including phenoxy) is 1. The number of imidazole rings is 1. The summed E-state index contributed by atoms with van der Waals surface area (Å²) in [5.41, 5.74) is 2.64. The summed E-state index contributed by atoms with van der Waals surface area (Å²) in [4.78, 5) is 21.2. The molecule has 6 heteroatoms. The standard InChI is InChI=1S/C14H18N4O2/c1-9-17-14-11(18(9)12(19)8-20-2)4-6-16-13(14)10-3-5-15-7-10/h4,6,10,15H,3,5,7-8H2,1-2H3. The molecule has 0 saturated carbocycles.